The van der Waals surface area contributed by atoms with Crippen molar-refractivity contribution in [3.05, 3.63) is 65.9 Å². The molecule has 22 heavy (non-hydrogen) atoms. The Labute approximate surface area is 129 Å². The number of benzene rings is 2. The fraction of sp³-hybridized carbons (Fsp3) is 0.150. The van der Waals surface area contributed by atoms with Gasteiger partial charge >= 0.3 is 0 Å². The zero-order chi connectivity index (χ0) is 15.1. The van der Waals surface area contributed by atoms with E-state index in [9.17, 15) is 0 Å². The average molecular weight is 286 g/mol. The Kier molecular flexibility index (Phi) is 2.97. The van der Waals surface area contributed by atoms with Gasteiger partial charge in [-0.05, 0) is 25.0 Å². The topological polar surface area (TPSA) is 28.7 Å². The molecule has 4 rings (SSSR count). The summed E-state index contributed by atoms with van der Waals surface area (Å²) < 4.78 is 0. The highest BCUT2D eigenvalue weighted by molar-refractivity contribution is 6.12. The summed E-state index contributed by atoms with van der Waals surface area (Å²) in [5, 5.41) is 2.59. The van der Waals surface area contributed by atoms with Crippen molar-refractivity contribution in [2.24, 2.45) is 0 Å². The molecule has 0 amide bonds. The molecule has 2 aromatic carbocycles. The predicted molar refractivity (Wildman–Crippen MR) is 93.2 cm³/mol. The molecule has 0 fully saturated rings. The first kappa shape index (κ1) is 13.1. The predicted octanol–water partition coefficient (Wildman–Crippen LogP) is 5.25. The Balaban J connectivity index is 2.19. The lowest BCUT2D eigenvalue weighted by molar-refractivity contribution is 1.02. The van der Waals surface area contributed by atoms with Crippen molar-refractivity contribution in [2.45, 2.75) is 20.3 Å². The molecular formula is C20H18N2. The van der Waals surface area contributed by atoms with E-state index in [0.29, 0.717) is 0 Å². The summed E-state index contributed by atoms with van der Waals surface area (Å²) in [5.41, 5.74) is 6.99. The molecule has 4 aromatic rings. The fourth-order valence-electron chi connectivity index (χ4n) is 3.28. The molecule has 0 aliphatic carbocycles. The third-order valence-corrected chi connectivity index (χ3v) is 4.38. The first-order valence-corrected chi connectivity index (χ1v) is 7.75. The number of aromatic amines is 1. The Hall–Kier alpha value is -2.61. The van der Waals surface area contributed by atoms with Crippen LogP contribution in [0.5, 0.6) is 0 Å². The minimum Gasteiger partial charge on any atom is -0.353 e. The quantitative estimate of drug-likeness (QED) is 0.535. The second-order valence-corrected chi connectivity index (χ2v) is 5.67. The average Bonchev–Trinajstić information content (AvgIpc) is 2.96. The van der Waals surface area contributed by atoms with E-state index >= 15 is 0 Å². The Morgan fingerprint density at radius 2 is 1.68 bits per heavy atom. The lowest BCUT2D eigenvalue weighted by Gasteiger charge is -2.10. The molecule has 2 nitrogen and oxygen atoms in total. The van der Waals surface area contributed by atoms with Crippen LogP contribution in [-0.4, -0.2) is 9.97 Å². The molecule has 0 spiro atoms. The maximum absolute atomic E-state index is 4.95. The number of hydrogen-bond acceptors (Lipinski definition) is 1. The summed E-state index contributed by atoms with van der Waals surface area (Å²) in [6.45, 7) is 4.36. The van der Waals surface area contributed by atoms with Crippen LogP contribution in [-0.2, 0) is 6.42 Å². The number of aromatic nitrogens is 2. The van der Waals surface area contributed by atoms with Crippen LogP contribution in [0.1, 0.15) is 18.2 Å². The molecule has 0 saturated heterocycles. The van der Waals surface area contributed by atoms with Crippen molar-refractivity contribution in [2.75, 3.05) is 0 Å². The largest absolute Gasteiger partial charge is 0.353 e. The van der Waals surface area contributed by atoms with Crippen LogP contribution in [0.4, 0.5) is 0 Å². The van der Waals surface area contributed by atoms with E-state index in [1.54, 1.807) is 0 Å². The summed E-state index contributed by atoms with van der Waals surface area (Å²) in [6.07, 6.45) is 0.946. The number of aryl methyl sites for hydroxylation is 2. The lowest BCUT2D eigenvalue weighted by Crippen LogP contribution is -1.96. The number of pyridine rings is 1. The number of rotatable bonds is 2. The van der Waals surface area contributed by atoms with E-state index in [0.717, 1.165) is 23.2 Å². The number of para-hydroxylation sites is 1. The summed E-state index contributed by atoms with van der Waals surface area (Å²) in [4.78, 5) is 8.53. The third-order valence-electron chi connectivity index (χ3n) is 4.38. The van der Waals surface area contributed by atoms with Gasteiger partial charge in [-0.1, -0.05) is 55.5 Å². The van der Waals surface area contributed by atoms with Gasteiger partial charge in [0.15, 0.2) is 0 Å². The number of hydrogen-bond donors (Lipinski definition) is 1. The number of nitrogens with zero attached hydrogens (tertiary/aromatic N) is 1. The Morgan fingerprint density at radius 3 is 2.45 bits per heavy atom. The van der Waals surface area contributed by atoms with Gasteiger partial charge < -0.3 is 4.98 Å². The van der Waals surface area contributed by atoms with Crippen molar-refractivity contribution in [1.82, 2.24) is 9.97 Å². The van der Waals surface area contributed by atoms with Crippen molar-refractivity contribution < 1.29 is 0 Å². The lowest BCUT2D eigenvalue weighted by atomic mass is 10.0. The summed E-state index contributed by atoms with van der Waals surface area (Å²) >= 11 is 0. The van der Waals surface area contributed by atoms with Gasteiger partial charge in [-0.2, -0.15) is 0 Å². The molecule has 0 unspecified atom stereocenters. The van der Waals surface area contributed by atoms with Gasteiger partial charge in [0, 0.05) is 27.5 Å². The zero-order valence-corrected chi connectivity index (χ0v) is 12.9. The third kappa shape index (κ3) is 1.84. The SMILES string of the molecule is CCc1nc(-c2ccccc2)c2[nH]c3ccccc3c2c1C. The molecule has 108 valence electrons. The van der Waals surface area contributed by atoms with Crippen LogP contribution in [0.2, 0.25) is 0 Å². The Morgan fingerprint density at radius 1 is 0.955 bits per heavy atom. The second-order valence-electron chi connectivity index (χ2n) is 5.67. The smallest absolute Gasteiger partial charge is 0.0946 e. The van der Waals surface area contributed by atoms with Gasteiger partial charge in [0.1, 0.15) is 0 Å². The van der Waals surface area contributed by atoms with Crippen LogP contribution in [0.15, 0.2) is 54.6 Å². The Bertz CT molecular complexity index is 965. The van der Waals surface area contributed by atoms with Gasteiger partial charge in [0.25, 0.3) is 0 Å². The highest BCUT2D eigenvalue weighted by Crippen LogP contribution is 2.35. The molecule has 1 N–H and O–H groups in total. The first-order valence-electron chi connectivity index (χ1n) is 7.75. The van der Waals surface area contributed by atoms with Crippen molar-refractivity contribution in [1.29, 1.82) is 0 Å². The number of fused-ring (bicyclic) bond motifs is 3. The zero-order valence-electron chi connectivity index (χ0n) is 12.9. The van der Waals surface area contributed by atoms with Gasteiger partial charge in [0.2, 0.25) is 0 Å². The van der Waals surface area contributed by atoms with Gasteiger partial charge in [-0.15, -0.1) is 0 Å². The molecule has 0 radical (unpaired) electrons. The van der Waals surface area contributed by atoms with Gasteiger partial charge in [0.05, 0.1) is 11.2 Å². The maximum atomic E-state index is 4.95. The van der Waals surface area contributed by atoms with Gasteiger partial charge in [-0.3, -0.25) is 4.98 Å². The monoisotopic (exact) mass is 286 g/mol. The minimum atomic E-state index is 0.946. The van der Waals surface area contributed by atoms with E-state index < -0.39 is 0 Å². The van der Waals surface area contributed by atoms with Crippen LogP contribution in [0, 0.1) is 6.92 Å². The molecule has 0 aliphatic rings. The molecule has 0 atom stereocenters. The molecule has 0 saturated carbocycles. The van der Waals surface area contributed by atoms with Gasteiger partial charge in [-0.25, -0.2) is 0 Å². The fourth-order valence-corrected chi connectivity index (χ4v) is 3.28. The first-order chi connectivity index (χ1) is 10.8. The standard InChI is InChI=1S/C20H18N2/c1-3-16-13(2)18-15-11-7-8-12-17(15)22-20(18)19(21-16)14-9-5-4-6-10-14/h4-12,22H,3H2,1-2H3. The van der Waals surface area contributed by atoms with E-state index in [1.165, 1.54) is 27.5 Å². The minimum absolute atomic E-state index is 0.946. The number of H-pyrrole nitrogens is 1. The van der Waals surface area contributed by atoms with Crippen molar-refractivity contribution in [3.63, 3.8) is 0 Å². The van der Waals surface area contributed by atoms with E-state index in [2.05, 4.69) is 67.4 Å². The molecular weight excluding hydrogens is 268 g/mol. The highest BCUT2D eigenvalue weighted by atomic mass is 14.8. The van der Waals surface area contributed by atoms with Crippen molar-refractivity contribution >= 4 is 21.8 Å². The van der Waals surface area contributed by atoms with Crippen LogP contribution in [0.3, 0.4) is 0 Å². The van der Waals surface area contributed by atoms with E-state index in [1.807, 2.05) is 6.07 Å². The summed E-state index contributed by atoms with van der Waals surface area (Å²) in [5.74, 6) is 0. The maximum Gasteiger partial charge on any atom is 0.0946 e. The molecule has 2 heterocycles. The molecule has 0 aliphatic heterocycles. The molecule has 2 aromatic heterocycles. The van der Waals surface area contributed by atoms with E-state index in [-0.39, 0.29) is 0 Å². The van der Waals surface area contributed by atoms with E-state index in [4.69, 9.17) is 4.98 Å². The second kappa shape index (κ2) is 4.99. The van der Waals surface area contributed by atoms with Crippen molar-refractivity contribution in [3.8, 4) is 11.3 Å². The molecule has 0 bridgehead atoms. The molecule has 2 heteroatoms. The summed E-state index contributed by atoms with van der Waals surface area (Å²) in [7, 11) is 0. The number of nitrogens with one attached hydrogen (secondary N) is 1. The van der Waals surface area contributed by atoms with Crippen LogP contribution >= 0.6 is 0 Å². The van der Waals surface area contributed by atoms with Crippen LogP contribution in [0.25, 0.3) is 33.1 Å². The highest BCUT2D eigenvalue weighted by Gasteiger charge is 2.15. The summed E-state index contributed by atoms with van der Waals surface area (Å²) in [6, 6.07) is 18.9. The normalized spacial score (nSPS) is 11.4. The van der Waals surface area contributed by atoms with Crippen LogP contribution < -0.4 is 0 Å².